The molecule has 1 rings (SSSR count). The number of methoxy groups -OCH3 is 1. The maximum atomic E-state index is 12.3. The van der Waals surface area contributed by atoms with Crippen LogP contribution in [0.25, 0.3) is 0 Å². The highest BCUT2D eigenvalue weighted by Crippen LogP contribution is 2.20. The molecule has 0 aromatic rings. The summed E-state index contributed by atoms with van der Waals surface area (Å²) < 4.78 is 5.39. The van der Waals surface area contributed by atoms with Crippen LogP contribution in [0.5, 0.6) is 0 Å². The lowest BCUT2D eigenvalue weighted by molar-refractivity contribution is -0.133. The number of ether oxygens (including phenoxy) is 1. The van der Waals surface area contributed by atoms with Crippen LogP contribution in [0.15, 0.2) is 0 Å². The first-order chi connectivity index (χ1) is 7.76. The van der Waals surface area contributed by atoms with E-state index in [9.17, 15) is 4.79 Å². The monoisotopic (exact) mass is 242 g/mol. The maximum absolute atomic E-state index is 12.3. The molecule has 0 saturated carbocycles. The molecule has 1 aliphatic heterocycles. The van der Waals surface area contributed by atoms with Crippen molar-refractivity contribution in [1.82, 2.24) is 10.2 Å². The standard InChI is InChI=1S/C13H26N2O2/c1-9(2)7-11-12(16)15(10(3)14-11)8-13(4,5)17-6/h9-11,14H,7-8H2,1-6H3. The molecule has 1 saturated heterocycles. The second-order valence-electron chi connectivity index (χ2n) is 5.95. The lowest BCUT2D eigenvalue weighted by Gasteiger charge is -2.31. The van der Waals surface area contributed by atoms with Crippen LogP contribution < -0.4 is 5.32 Å². The number of hydrogen-bond donors (Lipinski definition) is 1. The smallest absolute Gasteiger partial charge is 0.241 e. The highest BCUT2D eigenvalue weighted by molar-refractivity contribution is 5.84. The van der Waals surface area contributed by atoms with E-state index in [2.05, 4.69) is 19.2 Å². The molecule has 0 bridgehead atoms. The van der Waals surface area contributed by atoms with E-state index >= 15 is 0 Å². The molecule has 1 fully saturated rings. The van der Waals surface area contributed by atoms with Crippen LogP contribution in [-0.4, -0.2) is 42.3 Å². The molecule has 17 heavy (non-hydrogen) atoms. The van der Waals surface area contributed by atoms with Gasteiger partial charge in [0, 0.05) is 7.11 Å². The lowest BCUT2D eigenvalue weighted by Crippen LogP contribution is -2.45. The minimum Gasteiger partial charge on any atom is -0.377 e. The first-order valence-electron chi connectivity index (χ1n) is 6.38. The summed E-state index contributed by atoms with van der Waals surface area (Å²) in [5.41, 5.74) is -0.293. The second-order valence-corrected chi connectivity index (χ2v) is 5.95. The molecule has 100 valence electrons. The molecule has 0 spiro atoms. The van der Waals surface area contributed by atoms with Crippen LogP contribution in [0.1, 0.15) is 41.0 Å². The van der Waals surface area contributed by atoms with Crippen molar-refractivity contribution >= 4 is 5.91 Å². The fraction of sp³-hybridized carbons (Fsp3) is 0.923. The van der Waals surface area contributed by atoms with Gasteiger partial charge in [0.2, 0.25) is 5.91 Å². The van der Waals surface area contributed by atoms with E-state index in [0.717, 1.165) is 6.42 Å². The first-order valence-corrected chi connectivity index (χ1v) is 6.38. The molecule has 1 N–H and O–H groups in total. The van der Waals surface area contributed by atoms with Crippen molar-refractivity contribution in [2.24, 2.45) is 5.92 Å². The van der Waals surface area contributed by atoms with Gasteiger partial charge in [0.1, 0.15) is 0 Å². The van der Waals surface area contributed by atoms with Gasteiger partial charge in [0.15, 0.2) is 0 Å². The van der Waals surface area contributed by atoms with Gasteiger partial charge >= 0.3 is 0 Å². The Labute approximate surface area is 105 Å². The number of amides is 1. The Kier molecular flexibility index (Phi) is 4.55. The van der Waals surface area contributed by atoms with Gasteiger partial charge in [0.05, 0.1) is 24.4 Å². The molecule has 1 amide bonds. The van der Waals surface area contributed by atoms with Gasteiger partial charge in [-0.15, -0.1) is 0 Å². The van der Waals surface area contributed by atoms with Gasteiger partial charge in [-0.05, 0) is 33.1 Å². The van der Waals surface area contributed by atoms with E-state index in [0.29, 0.717) is 12.5 Å². The summed E-state index contributed by atoms with van der Waals surface area (Å²) in [6.07, 6.45) is 0.994. The van der Waals surface area contributed by atoms with E-state index < -0.39 is 0 Å². The van der Waals surface area contributed by atoms with Crippen molar-refractivity contribution in [3.05, 3.63) is 0 Å². The molecule has 2 unspecified atom stereocenters. The zero-order valence-electron chi connectivity index (χ0n) is 11.9. The fourth-order valence-electron chi connectivity index (χ4n) is 2.17. The zero-order chi connectivity index (χ0) is 13.2. The fourth-order valence-corrected chi connectivity index (χ4v) is 2.17. The lowest BCUT2D eigenvalue weighted by atomic mass is 10.0. The molecule has 0 aromatic carbocycles. The van der Waals surface area contributed by atoms with Gasteiger partial charge in [0.25, 0.3) is 0 Å². The topological polar surface area (TPSA) is 41.6 Å². The summed E-state index contributed by atoms with van der Waals surface area (Å²) in [5, 5.41) is 3.35. The predicted molar refractivity (Wildman–Crippen MR) is 68.6 cm³/mol. The molecule has 4 nitrogen and oxygen atoms in total. The molecule has 2 atom stereocenters. The Morgan fingerprint density at radius 2 is 2.06 bits per heavy atom. The molecular weight excluding hydrogens is 216 g/mol. The van der Waals surface area contributed by atoms with Crippen LogP contribution in [0.3, 0.4) is 0 Å². The number of hydrogen-bond acceptors (Lipinski definition) is 3. The Hall–Kier alpha value is -0.610. The van der Waals surface area contributed by atoms with E-state index in [1.165, 1.54) is 0 Å². The van der Waals surface area contributed by atoms with E-state index in [1.807, 2.05) is 25.7 Å². The van der Waals surface area contributed by atoms with Gasteiger partial charge in [-0.2, -0.15) is 0 Å². The average Bonchev–Trinajstić information content (AvgIpc) is 2.45. The first kappa shape index (κ1) is 14.5. The van der Waals surface area contributed by atoms with Crippen molar-refractivity contribution in [2.75, 3.05) is 13.7 Å². The summed E-state index contributed by atoms with van der Waals surface area (Å²) in [6, 6.07) is -0.0299. The predicted octanol–water partition coefficient (Wildman–Crippen LogP) is 1.60. The van der Waals surface area contributed by atoms with Gasteiger partial charge in [-0.25, -0.2) is 0 Å². The number of carbonyl (C=O) groups is 1. The SMILES string of the molecule is COC(C)(C)CN1C(=O)C(CC(C)C)NC1C. The van der Waals surface area contributed by atoms with Gasteiger partial charge in [-0.1, -0.05) is 13.8 Å². The number of nitrogens with one attached hydrogen (secondary N) is 1. The Bertz CT molecular complexity index is 277. The normalized spacial score (nSPS) is 26.1. The quantitative estimate of drug-likeness (QED) is 0.796. The Morgan fingerprint density at radius 3 is 2.53 bits per heavy atom. The third-order valence-electron chi connectivity index (χ3n) is 3.30. The number of rotatable bonds is 5. The van der Waals surface area contributed by atoms with Crippen molar-refractivity contribution in [1.29, 1.82) is 0 Å². The van der Waals surface area contributed by atoms with E-state index in [-0.39, 0.29) is 23.7 Å². The van der Waals surface area contributed by atoms with Gasteiger partial charge in [-0.3, -0.25) is 10.1 Å². The van der Waals surface area contributed by atoms with E-state index in [4.69, 9.17) is 4.74 Å². The van der Waals surface area contributed by atoms with Crippen LogP contribution in [0.2, 0.25) is 0 Å². The van der Waals surface area contributed by atoms with Crippen LogP contribution in [-0.2, 0) is 9.53 Å². The Balaban J connectivity index is 2.66. The molecule has 4 heteroatoms. The summed E-state index contributed by atoms with van der Waals surface area (Å²) in [6.45, 7) is 10.9. The third kappa shape index (κ3) is 3.68. The molecule has 0 aromatic heterocycles. The zero-order valence-corrected chi connectivity index (χ0v) is 11.9. The highest BCUT2D eigenvalue weighted by Gasteiger charge is 2.39. The minimum absolute atomic E-state index is 0.0299. The minimum atomic E-state index is -0.293. The number of nitrogens with zero attached hydrogens (tertiary/aromatic N) is 1. The largest absolute Gasteiger partial charge is 0.377 e. The average molecular weight is 242 g/mol. The summed E-state index contributed by atoms with van der Waals surface area (Å²) in [7, 11) is 1.68. The van der Waals surface area contributed by atoms with E-state index in [1.54, 1.807) is 7.11 Å². The molecular formula is C13H26N2O2. The van der Waals surface area contributed by atoms with Crippen LogP contribution in [0.4, 0.5) is 0 Å². The van der Waals surface area contributed by atoms with Crippen molar-refractivity contribution < 1.29 is 9.53 Å². The molecule has 1 aliphatic rings. The van der Waals surface area contributed by atoms with Crippen molar-refractivity contribution in [3.8, 4) is 0 Å². The molecule has 0 radical (unpaired) electrons. The van der Waals surface area contributed by atoms with Crippen molar-refractivity contribution in [2.45, 2.75) is 58.8 Å². The van der Waals surface area contributed by atoms with Crippen LogP contribution >= 0.6 is 0 Å². The highest BCUT2D eigenvalue weighted by atomic mass is 16.5. The Morgan fingerprint density at radius 1 is 1.47 bits per heavy atom. The van der Waals surface area contributed by atoms with Crippen LogP contribution in [0, 0.1) is 5.92 Å². The summed E-state index contributed by atoms with van der Waals surface area (Å²) in [4.78, 5) is 14.1. The van der Waals surface area contributed by atoms with Crippen molar-refractivity contribution in [3.63, 3.8) is 0 Å². The maximum Gasteiger partial charge on any atom is 0.241 e. The summed E-state index contributed by atoms with van der Waals surface area (Å²) in [5.74, 6) is 0.732. The molecule has 1 heterocycles. The molecule has 0 aliphatic carbocycles. The summed E-state index contributed by atoms with van der Waals surface area (Å²) >= 11 is 0. The second kappa shape index (κ2) is 5.36. The number of carbonyl (C=O) groups excluding carboxylic acids is 1. The third-order valence-corrected chi connectivity index (χ3v) is 3.30. The van der Waals surface area contributed by atoms with Gasteiger partial charge < -0.3 is 9.64 Å².